The van der Waals surface area contributed by atoms with Crippen LogP contribution in [0.4, 0.5) is 0 Å². The smallest absolute Gasteiger partial charge is 0.287 e. The van der Waals surface area contributed by atoms with Gasteiger partial charge in [-0.3, -0.25) is 14.4 Å². The van der Waals surface area contributed by atoms with Gasteiger partial charge in [-0.25, -0.2) is 0 Å². The SMILES string of the molecule is CCCCC(CNC(=O)CN1CSCC1=O)NC(=O)c1cc(C)c(C)o1. The summed E-state index contributed by atoms with van der Waals surface area (Å²) in [7, 11) is 0. The Labute approximate surface area is 158 Å². The molecule has 2 rings (SSSR count). The van der Waals surface area contributed by atoms with Crippen molar-refractivity contribution < 1.29 is 18.8 Å². The summed E-state index contributed by atoms with van der Waals surface area (Å²) in [6.07, 6.45) is 2.71. The lowest BCUT2D eigenvalue weighted by Gasteiger charge is -2.20. The van der Waals surface area contributed by atoms with E-state index in [2.05, 4.69) is 17.6 Å². The van der Waals surface area contributed by atoms with Crippen LogP contribution in [0.1, 0.15) is 48.1 Å². The lowest BCUT2D eigenvalue weighted by molar-refractivity contribution is -0.132. The van der Waals surface area contributed by atoms with Crippen LogP contribution in [0.25, 0.3) is 0 Å². The molecule has 0 saturated carbocycles. The van der Waals surface area contributed by atoms with E-state index in [-0.39, 0.29) is 36.1 Å². The number of unbranched alkanes of at least 4 members (excludes halogenated alkanes) is 1. The molecule has 144 valence electrons. The van der Waals surface area contributed by atoms with Crippen molar-refractivity contribution in [2.45, 2.75) is 46.1 Å². The highest BCUT2D eigenvalue weighted by molar-refractivity contribution is 8.00. The van der Waals surface area contributed by atoms with Crippen molar-refractivity contribution >= 4 is 29.5 Å². The molecule has 1 aliphatic rings. The Bertz CT molecular complexity index is 639. The molecule has 1 aromatic rings. The van der Waals surface area contributed by atoms with Crippen LogP contribution in [0, 0.1) is 13.8 Å². The van der Waals surface area contributed by atoms with Gasteiger partial charge >= 0.3 is 0 Å². The first kappa shape index (κ1) is 20.4. The molecule has 1 fully saturated rings. The van der Waals surface area contributed by atoms with E-state index >= 15 is 0 Å². The van der Waals surface area contributed by atoms with Gasteiger partial charge in [-0.05, 0) is 31.9 Å². The summed E-state index contributed by atoms with van der Waals surface area (Å²) in [4.78, 5) is 37.6. The zero-order valence-corrected chi connectivity index (χ0v) is 16.4. The summed E-state index contributed by atoms with van der Waals surface area (Å²) in [6.45, 7) is 6.18. The average molecular weight is 381 g/mol. The third-order valence-electron chi connectivity index (χ3n) is 4.34. The quantitative estimate of drug-likeness (QED) is 0.681. The van der Waals surface area contributed by atoms with E-state index in [1.165, 1.54) is 16.7 Å². The van der Waals surface area contributed by atoms with Gasteiger partial charge in [0.15, 0.2) is 5.76 Å². The monoisotopic (exact) mass is 381 g/mol. The van der Waals surface area contributed by atoms with Gasteiger partial charge in [0.05, 0.1) is 11.6 Å². The number of hydrogen-bond donors (Lipinski definition) is 2. The summed E-state index contributed by atoms with van der Waals surface area (Å²) in [5.74, 6) is 1.51. The Kier molecular flexibility index (Phi) is 7.56. The van der Waals surface area contributed by atoms with E-state index < -0.39 is 0 Å². The van der Waals surface area contributed by atoms with Crippen LogP contribution in [0.5, 0.6) is 0 Å². The summed E-state index contributed by atoms with van der Waals surface area (Å²) >= 11 is 1.51. The number of hydrogen-bond acceptors (Lipinski definition) is 5. The molecule has 2 heterocycles. The number of carbonyl (C=O) groups excluding carboxylic acids is 3. The summed E-state index contributed by atoms with van der Waals surface area (Å²) in [5.41, 5.74) is 0.932. The van der Waals surface area contributed by atoms with E-state index in [4.69, 9.17) is 4.42 Å². The minimum absolute atomic E-state index is 0.00968. The molecule has 1 aromatic heterocycles. The first-order valence-electron chi connectivity index (χ1n) is 8.90. The minimum atomic E-state index is -0.275. The fraction of sp³-hybridized carbons (Fsp3) is 0.611. The normalized spacial score (nSPS) is 15.2. The van der Waals surface area contributed by atoms with Crippen molar-refractivity contribution in [1.29, 1.82) is 0 Å². The molecule has 1 atom stereocenters. The van der Waals surface area contributed by atoms with E-state index in [1.807, 2.05) is 13.8 Å². The first-order valence-corrected chi connectivity index (χ1v) is 10.1. The number of furan rings is 1. The molecule has 0 bridgehead atoms. The van der Waals surface area contributed by atoms with Gasteiger partial charge in [0.25, 0.3) is 5.91 Å². The van der Waals surface area contributed by atoms with Gasteiger partial charge in [-0.2, -0.15) is 0 Å². The summed E-state index contributed by atoms with van der Waals surface area (Å²) < 4.78 is 5.46. The zero-order valence-electron chi connectivity index (χ0n) is 15.6. The maximum Gasteiger partial charge on any atom is 0.287 e. The Morgan fingerprint density at radius 2 is 2.15 bits per heavy atom. The molecule has 0 aliphatic carbocycles. The highest BCUT2D eigenvalue weighted by Crippen LogP contribution is 2.14. The second-order valence-corrected chi connectivity index (χ2v) is 7.49. The molecule has 0 radical (unpaired) electrons. The van der Waals surface area contributed by atoms with Crippen LogP contribution in [0.3, 0.4) is 0 Å². The lowest BCUT2D eigenvalue weighted by Crippen LogP contribution is -2.46. The van der Waals surface area contributed by atoms with Gasteiger partial charge in [-0.1, -0.05) is 19.8 Å². The number of carbonyl (C=O) groups is 3. The predicted octanol–water partition coefficient (Wildman–Crippen LogP) is 1.83. The summed E-state index contributed by atoms with van der Waals surface area (Å²) in [6, 6.07) is 1.54. The lowest BCUT2D eigenvalue weighted by atomic mass is 10.1. The number of rotatable bonds is 9. The predicted molar refractivity (Wildman–Crippen MR) is 101 cm³/mol. The molecule has 7 nitrogen and oxygen atoms in total. The first-order chi connectivity index (χ1) is 12.4. The molecular weight excluding hydrogens is 354 g/mol. The molecule has 0 aromatic carbocycles. The van der Waals surface area contributed by atoms with Crippen LogP contribution in [0.2, 0.25) is 0 Å². The molecule has 1 unspecified atom stereocenters. The van der Waals surface area contributed by atoms with Crippen molar-refractivity contribution in [3.05, 3.63) is 23.2 Å². The largest absolute Gasteiger partial charge is 0.456 e. The van der Waals surface area contributed by atoms with Gasteiger partial charge in [0.2, 0.25) is 11.8 Å². The second-order valence-electron chi connectivity index (χ2n) is 6.54. The molecule has 26 heavy (non-hydrogen) atoms. The van der Waals surface area contributed by atoms with Crippen LogP contribution >= 0.6 is 11.8 Å². The third-order valence-corrected chi connectivity index (χ3v) is 5.28. The Morgan fingerprint density at radius 1 is 1.38 bits per heavy atom. The maximum absolute atomic E-state index is 12.4. The maximum atomic E-state index is 12.4. The molecule has 8 heteroatoms. The molecule has 3 amide bonds. The van der Waals surface area contributed by atoms with E-state index in [1.54, 1.807) is 6.07 Å². The molecule has 2 N–H and O–H groups in total. The number of thioether (sulfide) groups is 1. The second kappa shape index (κ2) is 9.66. The fourth-order valence-electron chi connectivity index (χ4n) is 2.62. The number of amides is 3. The molecule has 1 aliphatic heterocycles. The Hall–Kier alpha value is -1.96. The van der Waals surface area contributed by atoms with Crippen molar-refractivity contribution in [3.8, 4) is 0 Å². The van der Waals surface area contributed by atoms with Crippen LogP contribution in [-0.4, -0.2) is 53.4 Å². The van der Waals surface area contributed by atoms with Crippen molar-refractivity contribution in [2.24, 2.45) is 0 Å². The van der Waals surface area contributed by atoms with Crippen molar-refractivity contribution in [2.75, 3.05) is 24.7 Å². The molecule has 1 saturated heterocycles. The van der Waals surface area contributed by atoms with Gasteiger partial charge < -0.3 is 20.0 Å². The number of nitrogens with zero attached hydrogens (tertiary/aromatic N) is 1. The van der Waals surface area contributed by atoms with Crippen molar-refractivity contribution in [1.82, 2.24) is 15.5 Å². The third kappa shape index (κ3) is 5.79. The van der Waals surface area contributed by atoms with Gasteiger partial charge in [0, 0.05) is 12.6 Å². The number of aryl methyl sites for hydroxylation is 2. The zero-order chi connectivity index (χ0) is 19.1. The van der Waals surface area contributed by atoms with Crippen LogP contribution in [-0.2, 0) is 9.59 Å². The Balaban J connectivity index is 1.86. The minimum Gasteiger partial charge on any atom is -0.456 e. The Morgan fingerprint density at radius 3 is 2.73 bits per heavy atom. The summed E-state index contributed by atoms with van der Waals surface area (Å²) in [5, 5.41) is 5.76. The fourth-order valence-corrected chi connectivity index (χ4v) is 3.53. The highest BCUT2D eigenvalue weighted by atomic mass is 32.2. The van der Waals surface area contributed by atoms with E-state index in [0.29, 0.717) is 18.2 Å². The highest BCUT2D eigenvalue weighted by Gasteiger charge is 2.23. The van der Waals surface area contributed by atoms with Crippen LogP contribution < -0.4 is 10.6 Å². The van der Waals surface area contributed by atoms with Crippen LogP contribution in [0.15, 0.2) is 10.5 Å². The number of nitrogens with one attached hydrogen (secondary N) is 2. The van der Waals surface area contributed by atoms with E-state index in [0.717, 1.165) is 30.6 Å². The molecule has 0 spiro atoms. The standard InChI is InChI=1S/C18H27N3O4S/c1-4-5-6-14(20-18(24)15-7-12(2)13(3)25-15)8-19-16(22)9-21-11-26-10-17(21)23/h7,14H,4-6,8-11H2,1-3H3,(H,19,22)(H,20,24). The topological polar surface area (TPSA) is 91.7 Å². The average Bonchev–Trinajstić information content (AvgIpc) is 3.16. The van der Waals surface area contributed by atoms with Gasteiger partial charge in [-0.15, -0.1) is 11.8 Å². The van der Waals surface area contributed by atoms with Gasteiger partial charge in [0.1, 0.15) is 12.3 Å². The van der Waals surface area contributed by atoms with Crippen molar-refractivity contribution in [3.63, 3.8) is 0 Å². The molecular formula is C18H27N3O4S. The van der Waals surface area contributed by atoms with E-state index in [9.17, 15) is 14.4 Å².